The summed E-state index contributed by atoms with van der Waals surface area (Å²) in [5.74, 6) is 1.92. The van der Waals surface area contributed by atoms with E-state index in [9.17, 15) is 18.3 Å². The van der Waals surface area contributed by atoms with Crippen molar-refractivity contribution in [2.24, 2.45) is 23.2 Å². The van der Waals surface area contributed by atoms with E-state index in [4.69, 9.17) is 4.98 Å². The van der Waals surface area contributed by atoms with Crippen LogP contribution in [0.15, 0.2) is 0 Å². The van der Waals surface area contributed by atoms with Gasteiger partial charge in [0.2, 0.25) is 5.91 Å². The van der Waals surface area contributed by atoms with E-state index in [1.165, 1.54) is 16.2 Å². The number of fused-ring (bicyclic) bond motifs is 2. The van der Waals surface area contributed by atoms with Crippen LogP contribution in [-0.2, 0) is 26.8 Å². The molecule has 0 bridgehead atoms. The molecule has 1 aromatic heterocycles. The first-order valence-electron chi connectivity index (χ1n) is 12.5. The molecule has 1 amide bonds. The lowest BCUT2D eigenvalue weighted by Crippen LogP contribution is -2.54. The summed E-state index contributed by atoms with van der Waals surface area (Å²) in [6.07, 6.45) is 2.06. The predicted octanol–water partition coefficient (Wildman–Crippen LogP) is 4.12. The number of thiazole rings is 1. The van der Waals surface area contributed by atoms with Gasteiger partial charge in [-0.2, -0.15) is 11.8 Å². The van der Waals surface area contributed by atoms with Gasteiger partial charge >= 0.3 is 0 Å². The third-order valence-electron chi connectivity index (χ3n) is 8.57. The molecule has 0 radical (unpaired) electrons. The van der Waals surface area contributed by atoms with Crippen LogP contribution in [0.3, 0.4) is 0 Å². The van der Waals surface area contributed by atoms with Crippen molar-refractivity contribution in [1.29, 1.82) is 0 Å². The average Bonchev–Trinajstić information content (AvgIpc) is 3.14. The van der Waals surface area contributed by atoms with Crippen LogP contribution in [0.4, 0.5) is 0 Å². The molecule has 2 aliphatic carbocycles. The van der Waals surface area contributed by atoms with Crippen LogP contribution in [0, 0.1) is 23.2 Å². The minimum Gasteiger partial charge on any atom is -0.392 e. The van der Waals surface area contributed by atoms with Crippen molar-refractivity contribution in [3.63, 3.8) is 0 Å². The van der Waals surface area contributed by atoms with Gasteiger partial charge in [0.15, 0.2) is 9.84 Å². The fourth-order valence-electron chi connectivity index (χ4n) is 6.29. The standard InChI is InChI=1S/C25H40N2O4S3/c1-15(23(29)27-9-11-32-12-10-27)17-7-8-25(6)13-18-21(16(2)20(25)22(17)28)26-19(33-18)14-34(30,31)24(3,4)5/h15-17,20,22,28H,7-14H2,1-6H3/t15-,16+,17-,20+,22-,25+/m0/s1. The van der Waals surface area contributed by atoms with Crippen molar-refractivity contribution < 1.29 is 18.3 Å². The second kappa shape index (κ2) is 9.34. The van der Waals surface area contributed by atoms with Gasteiger partial charge in [-0.1, -0.05) is 20.8 Å². The largest absolute Gasteiger partial charge is 0.392 e. The van der Waals surface area contributed by atoms with Crippen LogP contribution < -0.4 is 0 Å². The molecular formula is C25H40N2O4S3. The van der Waals surface area contributed by atoms with Gasteiger partial charge < -0.3 is 10.0 Å². The molecule has 2 fully saturated rings. The van der Waals surface area contributed by atoms with Gasteiger partial charge in [-0.3, -0.25) is 4.79 Å². The molecule has 6 atom stereocenters. The lowest BCUT2D eigenvalue weighted by Gasteiger charge is -2.53. The van der Waals surface area contributed by atoms with Gasteiger partial charge in [-0.25, -0.2) is 13.4 Å². The Bertz CT molecular complexity index is 1030. The van der Waals surface area contributed by atoms with Crippen LogP contribution in [0.25, 0.3) is 0 Å². The van der Waals surface area contributed by atoms with Gasteiger partial charge in [0.1, 0.15) is 10.8 Å². The maximum absolute atomic E-state index is 13.2. The number of aromatic nitrogens is 1. The number of sulfone groups is 1. The molecule has 1 saturated carbocycles. The molecule has 6 nitrogen and oxygen atoms in total. The zero-order valence-corrected chi connectivity index (χ0v) is 23.8. The van der Waals surface area contributed by atoms with E-state index in [1.54, 1.807) is 20.8 Å². The number of nitrogens with zero attached hydrogens (tertiary/aromatic N) is 2. The molecule has 0 aromatic carbocycles. The monoisotopic (exact) mass is 528 g/mol. The van der Waals surface area contributed by atoms with Crippen LogP contribution in [0.1, 0.15) is 75.9 Å². The highest BCUT2D eigenvalue weighted by atomic mass is 32.2. The SMILES string of the molecule is C[C@H](C(=O)N1CCSCC1)[C@@H]1CC[C@]2(C)Cc3sc(CS(=O)(=O)C(C)(C)C)nc3[C@H](C)[C@@H]2[C@H]1O. The molecule has 1 aliphatic heterocycles. The fourth-order valence-corrected chi connectivity index (χ4v) is 9.89. The molecule has 1 N–H and O–H groups in total. The highest BCUT2D eigenvalue weighted by Crippen LogP contribution is 2.57. The highest BCUT2D eigenvalue weighted by molar-refractivity contribution is 7.99. The normalized spacial score (nSPS) is 33.2. The summed E-state index contributed by atoms with van der Waals surface area (Å²) >= 11 is 3.43. The van der Waals surface area contributed by atoms with E-state index in [1.807, 2.05) is 23.6 Å². The first-order chi connectivity index (χ1) is 15.7. The van der Waals surface area contributed by atoms with E-state index in [-0.39, 0.29) is 40.7 Å². The van der Waals surface area contributed by atoms with E-state index in [0.717, 1.165) is 49.6 Å². The predicted molar refractivity (Wildman–Crippen MR) is 140 cm³/mol. The molecule has 0 unspecified atom stereocenters. The Morgan fingerprint density at radius 3 is 2.56 bits per heavy atom. The Labute approximate surface area is 213 Å². The first-order valence-corrected chi connectivity index (χ1v) is 16.1. The first kappa shape index (κ1) is 26.4. The maximum Gasteiger partial charge on any atom is 0.225 e. The summed E-state index contributed by atoms with van der Waals surface area (Å²) in [4.78, 5) is 21.2. The molecule has 1 saturated heterocycles. The minimum absolute atomic E-state index is 0.0140. The van der Waals surface area contributed by atoms with Gasteiger partial charge in [0.05, 0.1) is 16.5 Å². The number of rotatable bonds is 4. The smallest absolute Gasteiger partial charge is 0.225 e. The Morgan fingerprint density at radius 2 is 1.94 bits per heavy atom. The fraction of sp³-hybridized carbons (Fsp3) is 0.840. The van der Waals surface area contributed by atoms with E-state index >= 15 is 0 Å². The average molecular weight is 529 g/mol. The van der Waals surface area contributed by atoms with Crippen molar-refractivity contribution in [3.8, 4) is 0 Å². The molecule has 9 heteroatoms. The van der Waals surface area contributed by atoms with Gasteiger partial charge in [0, 0.05) is 41.3 Å². The zero-order chi connectivity index (χ0) is 25.1. The summed E-state index contributed by atoms with van der Waals surface area (Å²) in [5, 5.41) is 12.3. The Morgan fingerprint density at radius 1 is 1.29 bits per heavy atom. The quantitative estimate of drug-likeness (QED) is 0.633. The number of hydrogen-bond acceptors (Lipinski definition) is 7. The van der Waals surface area contributed by atoms with Gasteiger partial charge in [-0.05, 0) is 57.3 Å². The van der Waals surface area contributed by atoms with Crippen LogP contribution >= 0.6 is 23.1 Å². The molecule has 0 spiro atoms. The topological polar surface area (TPSA) is 87.6 Å². The molecule has 1 aromatic rings. The highest BCUT2D eigenvalue weighted by Gasteiger charge is 2.54. The lowest BCUT2D eigenvalue weighted by atomic mass is 9.53. The molecule has 3 aliphatic rings. The summed E-state index contributed by atoms with van der Waals surface area (Å²) in [5.41, 5.74) is 0.887. The van der Waals surface area contributed by atoms with Crippen molar-refractivity contribution in [1.82, 2.24) is 9.88 Å². The second-order valence-corrected chi connectivity index (χ2v) is 17.0. The van der Waals surface area contributed by atoms with Crippen LogP contribution in [0.5, 0.6) is 0 Å². The molecular weight excluding hydrogens is 488 g/mol. The van der Waals surface area contributed by atoms with Crippen molar-refractivity contribution in [2.45, 2.75) is 83.3 Å². The summed E-state index contributed by atoms with van der Waals surface area (Å²) in [6.45, 7) is 13.2. The number of carbonyl (C=O) groups excluding carboxylic acids is 1. The van der Waals surface area contributed by atoms with E-state index < -0.39 is 20.7 Å². The van der Waals surface area contributed by atoms with Crippen LogP contribution in [-0.4, -0.2) is 64.8 Å². The zero-order valence-electron chi connectivity index (χ0n) is 21.3. The number of thioether (sulfide) groups is 1. The van der Waals surface area contributed by atoms with E-state index in [2.05, 4.69) is 13.8 Å². The lowest BCUT2D eigenvalue weighted by molar-refractivity contribution is -0.144. The van der Waals surface area contributed by atoms with Crippen LogP contribution in [0.2, 0.25) is 0 Å². The van der Waals surface area contributed by atoms with Crippen molar-refractivity contribution in [2.75, 3.05) is 24.6 Å². The summed E-state index contributed by atoms with van der Waals surface area (Å²) in [6, 6.07) is 0. The molecule has 2 heterocycles. The van der Waals surface area contributed by atoms with Crippen molar-refractivity contribution >= 4 is 38.8 Å². The number of aliphatic hydroxyl groups excluding tert-OH is 1. The maximum atomic E-state index is 13.2. The summed E-state index contributed by atoms with van der Waals surface area (Å²) in [7, 11) is -3.30. The third-order valence-corrected chi connectivity index (χ3v) is 13.3. The number of aliphatic hydroxyl groups is 1. The Balaban J connectivity index is 1.56. The summed E-state index contributed by atoms with van der Waals surface area (Å²) < 4.78 is 24.8. The number of amides is 1. The second-order valence-electron chi connectivity index (χ2n) is 11.9. The minimum atomic E-state index is -3.30. The van der Waals surface area contributed by atoms with Crippen molar-refractivity contribution in [3.05, 3.63) is 15.6 Å². The van der Waals surface area contributed by atoms with E-state index in [0.29, 0.717) is 5.01 Å². The molecule has 4 rings (SSSR count). The molecule has 192 valence electrons. The Kier molecular flexibility index (Phi) is 7.26. The molecule has 34 heavy (non-hydrogen) atoms. The number of hydrogen-bond donors (Lipinski definition) is 1. The van der Waals surface area contributed by atoms with Gasteiger partial charge in [-0.15, -0.1) is 11.3 Å². The Hall–Kier alpha value is -0.640. The number of carbonyl (C=O) groups is 1. The van der Waals surface area contributed by atoms with Gasteiger partial charge in [0.25, 0.3) is 0 Å². The third kappa shape index (κ3) is 4.71.